The van der Waals surface area contributed by atoms with Crippen LogP contribution < -0.4 is 4.74 Å². The molecular weight excluding hydrogens is 235 g/mol. The summed E-state index contributed by atoms with van der Waals surface area (Å²) in [6.45, 7) is 0. The topological polar surface area (TPSA) is 26.3 Å². The Hall–Kier alpha value is -1.66. The van der Waals surface area contributed by atoms with Gasteiger partial charge in [-0.25, -0.2) is 8.78 Å². The Morgan fingerprint density at radius 1 is 1.19 bits per heavy atom. The second-order valence-corrected chi connectivity index (χ2v) is 2.79. The van der Waals surface area contributed by atoms with Crippen molar-refractivity contribution >= 4 is 5.78 Å². The Kier molecular flexibility index (Phi) is 3.16. The van der Waals surface area contributed by atoms with E-state index >= 15 is 0 Å². The minimum absolute atomic E-state index is 0.157. The zero-order valence-electron chi connectivity index (χ0n) is 7.86. The second kappa shape index (κ2) is 4.07. The zero-order chi connectivity index (χ0) is 12.5. The molecule has 0 aliphatic rings. The normalized spacial score (nSPS) is 11.4. The molecule has 0 atom stereocenters. The third-order valence-corrected chi connectivity index (χ3v) is 1.74. The number of carbonyl (C=O) groups is 1. The fourth-order valence-corrected chi connectivity index (χ4v) is 1.01. The quantitative estimate of drug-likeness (QED) is 0.586. The van der Waals surface area contributed by atoms with Gasteiger partial charge in [0.15, 0.2) is 11.6 Å². The van der Waals surface area contributed by atoms with Gasteiger partial charge >= 0.3 is 6.18 Å². The highest BCUT2D eigenvalue weighted by molar-refractivity contribution is 6.00. The first-order valence-corrected chi connectivity index (χ1v) is 3.92. The summed E-state index contributed by atoms with van der Waals surface area (Å²) in [5.41, 5.74) is -1.37. The number of benzene rings is 1. The van der Waals surface area contributed by atoms with Crippen LogP contribution in [0.1, 0.15) is 10.4 Å². The molecule has 0 heterocycles. The van der Waals surface area contributed by atoms with E-state index in [0.29, 0.717) is 6.07 Å². The highest BCUT2D eigenvalue weighted by Gasteiger charge is 2.41. The first-order valence-electron chi connectivity index (χ1n) is 3.92. The molecule has 0 radical (unpaired) electrons. The third-order valence-electron chi connectivity index (χ3n) is 1.74. The highest BCUT2D eigenvalue weighted by atomic mass is 19.4. The number of hydrogen-bond donors (Lipinski definition) is 0. The van der Waals surface area contributed by atoms with Crippen molar-refractivity contribution < 1.29 is 31.5 Å². The summed E-state index contributed by atoms with van der Waals surface area (Å²) in [7, 11) is 1.02. The molecule has 0 bridgehead atoms. The molecule has 0 aromatic heterocycles. The van der Waals surface area contributed by atoms with Crippen molar-refractivity contribution in [3.63, 3.8) is 0 Å². The molecule has 1 aromatic rings. The number of alkyl halides is 3. The molecule has 0 spiro atoms. The van der Waals surface area contributed by atoms with Crippen LogP contribution in [0, 0.1) is 11.6 Å². The average molecular weight is 240 g/mol. The minimum Gasteiger partial charge on any atom is -0.494 e. The molecule has 0 fully saturated rings. The van der Waals surface area contributed by atoms with Crippen LogP contribution in [0.5, 0.6) is 5.75 Å². The molecule has 0 saturated heterocycles. The van der Waals surface area contributed by atoms with Gasteiger partial charge in [0.1, 0.15) is 5.82 Å². The number of rotatable bonds is 2. The van der Waals surface area contributed by atoms with Crippen LogP contribution in [-0.4, -0.2) is 19.1 Å². The zero-order valence-corrected chi connectivity index (χ0v) is 7.86. The van der Waals surface area contributed by atoms with Crippen LogP contribution in [0.25, 0.3) is 0 Å². The number of halogens is 5. The number of ketones is 1. The highest BCUT2D eigenvalue weighted by Crippen LogP contribution is 2.27. The lowest BCUT2D eigenvalue weighted by Gasteiger charge is -2.08. The predicted octanol–water partition coefficient (Wildman–Crippen LogP) is 2.72. The Bertz CT molecular complexity index is 425. The van der Waals surface area contributed by atoms with Crippen molar-refractivity contribution in [2.24, 2.45) is 0 Å². The summed E-state index contributed by atoms with van der Waals surface area (Å²) in [5.74, 6) is -5.74. The number of hydrogen-bond acceptors (Lipinski definition) is 2. The van der Waals surface area contributed by atoms with E-state index in [1.807, 2.05) is 0 Å². The molecule has 2 nitrogen and oxygen atoms in total. The van der Waals surface area contributed by atoms with Crippen molar-refractivity contribution in [1.82, 2.24) is 0 Å². The molecular formula is C9H5F5O2. The van der Waals surface area contributed by atoms with E-state index in [2.05, 4.69) is 4.74 Å². The molecule has 0 N–H and O–H groups in total. The second-order valence-electron chi connectivity index (χ2n) is 2.79. The number of ether oxygens (including phenoxy) is 1. The van der Waals surface area contributed by atoms with Crippen LogP contribution >= 0.6 is 0 Å². The van der Waals surface area contributed by atoms with Gasteiger partial charge in [-0.15, -0.1) is 0 Å². The Morgan fingerprint density at radius 3 is 2.19 bits per heavy atom. The molecule has 0 saturated carbocycles. The fraction of sp³-hybridized carbons (Fsp3) is 0.222. The maximum absolute atomic E-state index is 13.0. The number of methoxy groups -OCH3 is 1. The summed E-state index contributed by atoms with van der Waals surface area (Å²) < 4.78 is 66.2. The van der Waals surface area contributed by atoms with E-state index in [0.717, 1.165) is 7.11 Å². The molecule has 0 amide bonds. The maximum Gasteiger partial charge on any atom is 0.454 e. The van der Waals surface area contributed by atoms with E-state index in [1.165, 1.54) is 0 Å². The third kappa shape index (κ3) is 2.29. The van der Waals surface area contributed by atoms with E-state index in [4.69, 9.17) is 0 Å². The molecule has 7 heteroatoms. The lowest BCUT2D eigenvalue weighted by Crippen LogP contribution is -2.24. The van der Waals surface area contributed by atoms with Crippen molar-refractivity contribution in [2.45, 2.75) is 6.18 Å². The molecule has 1 aromatic carbocycles. The lowest BCUT2D eigenvalue weighted by atomic mass is 10.1. The maximum atomic E-state index is 13.0. The molecule has 0 aliphatic heterocycles. The van der Waals surface area contributed by atoms with E-state index in [9.17, 15) is 26.7 Å². The summed E-state index contributed by atoms with van der Waals surface area (Å²) in [6.07, 6.45) is -5.25. The lowest BCUT2D eigenvalue weighted by molar-refractivity contribution is -0.0887. The van der Waals surface area contributed by atoms with Gasteiger partial charge in [0.25, 0.3) is 5.78 Å². The van der Waals surface area contributed by atoms with Gasteiger partial charge < -0.3 is 4.74 Å². The van der Waals surface area contributed by atoms with Crippen LogP contribution in [0.3, 0.4) is 0 Å². The summed E-state index contributed by atoms with van der Waals surface area (Å²) >= 11 is 0. The predicted molar refractivity (Wildman–Crippen MR) is 43.3 cm³/mol. The summed E-state index contributed by atoms with van der Waals surface area (Å²) in [6, 6.07) is 0.540. The molecule has 1 rings (SSSR count). The van der Waals surface area contributed by atoms with Gasteiger partial charge in [-0.3, -0.25) is 4.79 Å². The fourth-order valence-electron chi connectivity index (χ4n) is 1.01. The van der Waals surface area contributed by atoms with Gasteiger partial charge in [0.2, 0.25) is 0 Å². The van der Waals surface area contributed by atoms with Gasteiger partial charge in [-0.1, -0.05) is 0 Å². The Labute approximate surface area is 86.6 Å². The van der Waals surface area contributed by atoms with Crippen LogP contribution in [0.4, 0.5) is 22.0 Å². The van der Waals surface area contributed by atoms with Crippen molar-refractivity contribution in [3.8, 4) is 5.75 Å². The Balaban J connectivity index is 3.27. The monoisotopic (exact) mass is 240 g/mol. The number of Topliss-reactive ketones (excluding diaryl/α,β-unsaturated/α-hetero) is 1. The van der Waals surface area contributed by atoms with Crippen LogP contribution in [0.2, 0.25) is 0 Å². The first-order chi connectivity index (χ1) is 7.27. The molecule has 16 heavy (non-hydrogen) atoms. The summed E-state index contributed by atoms with van der Waals surface area (Å²) in [5, 5.41) is 0. The standard InChI is InChI=1S/C9H5F5O2/c1-16-7-3-5(10)4(2-6(7)11)8(15)9(12,13)14/h2-3H,1H3. The van der Waals surface area contributed by atoms with Gasteiger partial charge in [0.05, 0.1) is 12.7 Å². The van der Waals surface area contributed by atoms with Gasteiger partial charge in [-0.05, 0) is 6.07 Å². The first kappa shape index (κ1) is 12.4. The van der Waals surface area contributed by atoms with Crippen molar-refractivity contribution in [2.75, 3.05) is 7.11 Å². The number of carbonyl (C=O) groups excluding carboxylic acids is 1. The summed E-state index contributed by atoms with van der Waals surface area (Å²) in [4.78, 5) is 10.7. The SMILES string of the molecule is COc1cc(F)c(C(=O)C(F)(F)F)cc1F. The van der Waals surface area contributed by atoms with Crippen molar-refractivity contribution in [3.05, 3.63) is 29.3 Å². The van der Waals surface area contributed by atoms with E-state index in [1.54, 1.807) is 0 Å². The minimum atomic E-state index is -5.25. The van der Waals surface area contributed by atoms with Crippen LogP contribution in [0.15, 0.2) is 12.1 Å². The van der Waals surface area contributed by atoms with Gasteiger partial charge in [-0.2, -0.15) is 13.2 Å². The largest absolute Gasteiger partial charge is 0.494 e. The van der Waals surface area contributed by atoms with Crippen LogP contribution in [-0.2, 0) is 0 Å². The van der Waals surface area contributed by atoms with Gasteiger partial charge in [0, 0.05) is 6.07 Å². The molecule has 88 valence electrons. The Morgan fingerprint density at radius 2 is 1.75 bits per heavy atom. The van der Waals surface area contributed by atoms with E-state index in [-0.39, 0.29) is 6.07 Å². The average Bonchev–Trinajstić information content (AvgIpc) is 2.18. The van der Waals surface area contributed by atoms with E-state index < -0.39 is 34.9 Å². The molecule has 0 unspecified atom stereocenters. The smallest absolute Gasteiger partial charge is 0.454 e. The van der Waals surface area contributed by atoms with Crippen molar-refractivity contribution in [1.29, 1.82) is 0 Å². The molecule has 0 aliphatic carbocycles.